The maximum Gasteiger partial charge on any atom is 0.149 e. The van der Waals surface area contributed by atoms with E-state index < -0.39 is 0 Å². The molecular weight excluding hydrogens is 442 g/mol. The first-order valence-corrected chi connectivity index (χ1v) is 15.8. The van der Waals surface area contributed by atoms with Gasteiger partial charge in [-0.1, -0.05) is 135 Å². The Morgan fingerprint density at radius 1 is 0.750 bits per heavy atom. The molecule has 0 amide bonds. The van der Waals surface area contributed by atoms with Crippen molar-refractivity contribution in [2.24, 2.45) is 5.22 Å². The highest BCUT2D eigenvalue weighted by Gasteiger charge is 2.40. The summed E-state index contributed by atoms with van der Waals surface area (Å²) in [5, 5.41) is 8.51. The number of allylic oxidation sites excluding steroid dienone is 2. The Labute approximate surface area is 223 Å². The monoisotopic (exact) mass is 499 g/mol. The lowest BCUT2D eigenvalue weighted by Crippen LogP contribution is -2.38. The molecule has 5 nitrogen and oxygen atoms in total. The van der Waals surface area contributed by atoms with Crippen LogP contribution in [-0.2, 0) is 0 Å². The summed E-state index contributed by atoms with van der Waals surface area (Å²) in [6.45, 7) is 5.53. The Kier molecular flexibility index (Phi) is 17.4. The van der Waals surface area contributed by atoms with Gasteiger partial charge in [0.1, 0.15) is 6.04 Å². The van der Waals surface area contributed by atoms with Crippen LogP contribution >= 0.6 is 0 Å². The van der Waals surface area contributed by atoms with E-state index in [1.54, 1.807) is 0 Å². The van der Waals surface area contributed by atoms with Crippen LogP contribution in [0.2, 0.25) is 0 Å². The molecule has 0 fully saturated rings. The maximum atomic E-state index is 9.34. The first-order valence-electron chi connectivity index (χ1n) is 15.8. The van der Waals surface area contributed by atoms with Crippen LogP contribution in [0.15, 0.2) is 28.6 Å². The number of unbranched alkanes of at least 4 members (excludes halogenated alkanes) is 18. The Balaban J connectivity index is 1.71. The van der Waals surface area contributed by atoms with E-state index in [1.807, 2.05) is 5.12 Å². The molecule has 0 saturated carbocycles. The van der Waals surface area contributed by atoms with Crippen LogP contribution in [-0.4, -0.2) is 22.7 Å². The fraction of sp³-hybridized carbons (Fsp3) is 0.871. The van der Waals surface area contributed by atoms with E-state index in [-0.39, 0.29) is 6.04 Å². The number of rotatable bonds is 23. The van der Waals surface area contributed by atoms with Crippen molar-refractivity contribution in [2.75, 3.05) is 6.54 Å². The lowest BCUT2D eigenvalue weighted by molar-refractivity contribution is 0.00263. The number of nitrogens with zero attached hydrogens (tertiary/aromatic N) is 5. The Bertz CT molecular complexity index is 664. The lowest BCUT2D eigenvalue weighted by Gasteiger charge is -2.27. The SMILES string of the molecule is CCCCCCCCCCCCC1C2=C(C=CCC2)N(CCCCCCCCCCCC)N1N=[N+]=[N-]. The summed E-state index contributed by atoms with van der Waals surface area (Å²) in [5.41, 5.74) is 12.2. The summed E-state index contributed by atoms with van der Waals surface area (Å²) >= 11 is 0. The van der Waals surface area contributed by atoms with Gasteiger partial charge in [0.15, 0.2) is 0 Å². The van der Waals surface area contributed by atoms with Crippen molar-refractivity contribution < 1.29 is 0 Å². The third kappa shape index (κ3) is 11.6. The molecule has 2 aliphatic rings. The van der Waals surface area contributed by atoms with Crippen molar-refractivity contribution >= 4 is 0 Å². The average Bonchev–Trinajstić information content (AvgIpc) is 3.18. The van der Waals surface area contributed by atoms with E-state index in [0.29, 0.717) is 0 Å². The zero-order valence-electron chi connectivity index (χ0n) is 23.9. The van der Waals surface area contributed by atoms with Gasteiger partial charge in [0, 0.05) is 10.8 Å². The quantitative estimate of drug-likeness (QED) is 0.0607. The summed E-state index contributed by atoms with van der Waals surface area (Å²) in [6.07, 6.45) is 35.0. The zero-order chi connectivity index (χ0) is 25.7. The van der Waals surface area contributed by atoms with E-state index in [1.165, 1.54) is 140 Å². The van der Waals surface area contributed by atoms with Gasteiger partial charge in [-0.3, -0.25) is 0 Å². The highest BCUT2D eigenvalue weighted by atomic mass is 15.8. The van der Waals surface area contributed by atoms with E-state index in [4.69, 9.17) is 0 Å². The molecule has 0 bridgehead atoms. The second-order valence-corrected chi connectivity index (χ2v) is 11.1. The topological polar surface area (TPSA) is 55.2 Å². The number of hydrazine groups is 1. The zero-order valence-corrected chi connectivity index (χ0v) is 23.9. The molecule has 0 aromatic heterocycles. The molecule has 5 heteroatoms. The molecule has 0 spiro atoms. The van der Waals surface area contributed by atoms with Crippen LogP contribution in [0.4, 0.5) is 0 Å². The molecule has 1 aliphatic heterocycles. The normalized spacial score (nSPS) is 17.1. The summed E-state index contributed by atoms with van der Waals surface area (Å²) in [7, 11) is 0. The van der Waals surface area contributed by atoms with Gasteiger partial charge in [0.05, 0.1) is 12.2 Å². The van der Waals surface area contributed by atoms with Crippen molar-refractivity contribution in [1.29, 1.82) is 0 Å². The van der Waals surface area contributed by atoms with Gasteiger partial charge < -0.3 is 0 Å². The van der Waals surface area contributed by atoms with Gasteiger partial charge in [0.2, 0.25) is 0 Å². The van der Waals surface area contributed by atoms with Crippen LogP contribution in [0.25, 0.3) is 10.4 Å². The average molecular weight is 500 g/mol. The van der Waals surface area contributed by atoms with Crippen LogP contribution in [0.3, 0.4) is 0 Å². The van der Waals surface area contributed by atoms with Gasteiger partial charge in [-0.2, -0.15) is 4.91 Å². The fourth-order valence-electron chi connectivity index (χ4n) is 5.91. The standard InChI is InChI=1S/C31H57N5/c1-3-5-7-9-11-13-15-17-19-21-27-31-29-25-22-23-26-30(29)35(36(31)34-33-32)28-24-20-18-16-14-12-10-8-6-4-2/h23,26,31H,3-22,24-25,27-28H2,1-2H3. The van der Waals surface area contributed by atoms with Crippen molar-refractivity contribution in [3.05, 3.63) is 33.9 Å². The third-order valence-electron chi connectivity index (χ3n) is 8.08. The third-order valence-corrected chi connectivity index (χ3v) is 8.08. The van der Waals surface area contributed by atoms with Gasteiger partial charge in [-0.25, -0.2) is 5.01 Å². The molecule has 36 heavy (non-hydrogen) atoms. The molecule has 1 unspecified atom stereocenters. The van der Waals surface area contributed by atoms with E-state index in [2.05, 4.69) is 41.1 Å². The Morgan fingerprint density at radius 2 is 1.25 bits per heavy atom. The second kappa shape index (κ2) is 20.4. The van der Waals surface area contributed by atoms with Crippen LogP contribution in [0, 0.1) is 0 Å². The Hall–Kier alpha value is -1.61. The molecule has 2 rings (SSSR count). The smallest absolute Gasteiger partial charge is 0.149 e. The van der Waals surface area contributed by atoms with Crippen molar-refractivity contribution in [2.45, 2.75) is 168 Å². The highest BCUT2D eigenvalue weighted by molar-refractivity contribution is 5.35. The molecule has 0 aromatic rings. The minimum absolute atomic E-state index is 0.262. The van der Waals surface area contributed by atoms with E-state index in [9.17, 15) is 5.53 Å². The van der Waals surface area contributed by atoms with Crippen LogP contribution in [0.5, 0.6) is 0 Å². The van der Waals surface area contributed by atoms with Crippen molar-refractivity contribution in [3.63, 3.8) is 0 Å². The molecule has 0 radical (unpaired) electrons. The number of hydrogen-bond donors (Lipinski definition) is 0. The highest BCUT2D eigenvalue weighted by Crippen LogP contribution is 2.38. The molecule has 0 saturated heterocycles. The van der Waals surface area contributed by atoms with Gasteiger partial charge in [-0.05, 0) is 38.2 Å². The van der Waals surface area contributed by atoms with Crippen LogP contribution < -0.4 is 0 Å². The number of hydrogen-bond acceptors (Lipinski definition) is 2. The largest absolute Gasteiger partial charge is 0.213 e. The summed E-state index contributed by atoms with van der Waals surface area (Å²) in [5.74, 6) is 0. The van der Waals surface area contributed by atoms with Crippen molar-refractivity contribution in [1.82, 2.24) is 10.1 Å². The minimum atomic E-state index is 0.262. The first-order chi connectivity index (χ1) is 17.8. The fourth-order valence-corrected chi connectivity index (χ4v) is 5.91. The Morgan fingerprint density at radius 3 is 1.78 bits per heavy atom. The predicted octanol–water partition coefficient (Wildman–Crippen LogP) is 10.9. The number of azide groups is 1. The second-order valence-electron chi connectivity index (χ2n) is 11.1. The molecule has 1 heterocycles. The first kappa shape index (κ1) is 30.6. The van der Waals surface area contributed by atoms with Gasteiger partial charge in [-0.15, -0.1) is 10.6 Å². The van der Waals surface area contributed by atoms with Crippen LogP contribution in [0.1, 0.15) is 162 Å². The van der Waals surface area contributed by atoms with Gasteiger partial charge >= 0.3 is 0 Å². The molecule has 206 valence electrons. The molecular formula is C31H57N5. The predicted molar refractivity (Wildman–Crippen MR) is 155 cm³/mol. The minimum Gasteiger partial charge on any atom is -0.213 e. The summed E-state index contributed by atoms with van der Waals surface area (Å²) < 4.78 is 0. The van der Waals surface area contributed by atoms with E-state index >= 15 is 0 Å². The summed E-state index contributed by atoms with van der Waals surface area (Å²) in [4.78, 5) is 3.23. The lowest BCUT2D eigenvalue weighted by atomic mass is 9.93. The van der Waals surface area contributed by atoms with E-state index in [0.717, 1.165) is 25.8 Å². The molecule has 0 N–H and O–H groups in total. The molecule has 1 atom stereocenters. The molecule has 1 aliphatic carbocycles. The van der Waals surface area contributed by atoms with Gasteiger partial charge in [0.25, 0.3) is 0 Å². The summed E-state index contributed by atoms with van der Waals surface area (Å²) in [6, 6.07) is 0.262. The molecule has 0 aromatic carbocycles. The maximum absolute atomic E-state index is 9.34. The van der Waals surface area contributed by atoms with Crippen molar-refractivity contribution in [3.8, 4) is 0 Å².